The van der Waals surface area contributed by atoms with Gasteiger partial charge in [-0.25, -0.2) is 4.57 Å². The zero-order valence-electron chi connectivity index (χ0n) is 8.39. The van der Waals surface area contributed by atoms with Crippen molar-refractivity contribution >= 4 is 13.4 Å². The van der Waals surface area contributed by atoms with Crippen molar-refractivity contribution in [1.29, 1.82) is 0 Å². The van der Waals surface area contributed by atoms with Crippen LogP contribution in [0.1, 0.15) is 23.5 Å². The molecule has 0 amide bonds. The molecule has 68 valence electrons. The summed E-state index contributed by atoms with van der Waals surface area (Å²) in [6.45, 7) is 0.00999. The van der Waals surface area contributed by atoms with E-state index in [2.05, 4.69) is 19.8 Å². The van der Waals surface area contributed by atoms with E-state index in [1.165, 1.54) is 0 Å². The van der Waals surface area contributed by atoms with Crippen molar-refractivity contribution < 1.29 is 21.4 Å². The van der Waals surface area contributed by atoms with Crippen molar-refractivity contribution in [2.45, 2.75) is 25.9 Å². The van der Waals surface area contributed by atoms with E-state index >= 15 is 0 Å². The monoisotopic (exact) mass is 194 g/mol. The highest BCUT2D eigenvalue weighted by Crippen LogP contribution is 2.63. The molecule has 0 atom stereocenters. The van der Waals surface area contributed by atoms with Crippen LogP contribution in [0.3, 0.4) is 0 Å². The van der Waals surface area contributed by atoms with Gasteiger partial charge in [0.15, 0.2) is 5.16 Å². The first-order valence-electron chi connectivity index (χ1n) is 4.41. The summed E-state index contributed by atoms with van der Waals surface area (Å²) in [5.74, 6) is -0.599. The van der Waals surface area contributed by atoms with E-state index in [1.54, 1.807) is 0 Å². The summed E-state index contributed by atoms with van der Waals surface area (Å²) < 4.78 is 34.9. The molecule has 6 nitrogen and oxygen atoms in total. The van der Waals surface area contributed by atoms with E-state index in [0.29, 0.717) is 0 Å². The first-order chi connectivity index (χ1) is 6.52. The number of carbonyl (C=O) groups is 1. The number of nitrogens with zero attached hydrogens (tertiary/aromatic N) is 2. The molecule has 0 unspecified atom stereocenters. The van der Waals surface area contributed by atoms with Gasteiger partial charge < -0.3 is 0 Å². The van der Waals surface area contributed by atoms with Crippen molar-refractivity contribution in [3.63, 3.8) is 0 Å². The summed E-state index contributed by atoms with van der Waals surface area (Å²) >= 11 is 0. The molecule has 12 heavy (non-hydrogen) atoms. The maximum Gasteiger partial charge on any atom is 0.485 e. The minimum Gasteiger partial charge on any atom is -0.299 e. The largest absolute Gasteiger partial charge is 0.485 e. The Kier molecular flexibility index (Phi) is 1.40. The van der Waals surface area contributed by atoms with E-state index in [9.17, 15) is 9.36 Å². The number of rotatable bonds is 2. The third-order valence-corrected chi connectivity index (χ3v) is 3.44. The summed E-state index contributed by atoms with van der Waals surface area (Å²) in [7, 11) is -3.93. The Balaban J connectivity index is 3.10. The highest BCUT2D eigenvalue weighted by atomic mass is 31.2. The molecule has 0 bridgehead atoms. The second-order valence-corrected chi connectivity index (χ2v) is 4.59. The maximum absolute atomic E-state index is 11.8. The van der Waals surface area contributed by atoms with Crippen LogP contribution in [0.5, 0.6) is 0 Å². The van der Waals surface area contributed by atoms with Gasteiger partial charge in [-0.05, 0) is 20.7 Å². The quantitative estimate of drug-likeness (QED) is 0.628. The molecule has 0 aromatic carbocycles. The highest BCUT2D eigenvalue weighted by molar-refractivity contribution is 7.56. The van der Waals surface area contributed by atoms with E-state index in [1.807, 2.05) is 0 Å². The lowest BCUT2D eigenvalue weighted by atomic mass is 10.1. The Hall–Kier alpha value is -0.900. The molecule has 0 radical (unpaired) electrons. The molecule has 0 saturated heterocycles. The zero-order chi connectivity index (χ0) is 10.8. The molecule has 0 aromatic rings. The van der Waals surface area contributed by atoms with Crippen LogP contribution in [0.15, 0.2) is 10.6 Å². The number of hydrogen-bond acceptors (Lipinski definition) is 6. The van der Waals surface area contributed by atoms with Crippen LogP contribution in [-0.2, 0) is 18.6 Å². The maximum atomic E-state index is 11.8. The summed E-state index contributed by atoms with van der Waals surface area (Å²) in [6, 6.07) is 0. The Morgan fingerprint density at radius 2 is 2.00 bits per heavy atom. The minimum atomic E-state index is -3.93. The normalized spacial score (nSPS) is 22.1. The lowest BCUT2D eigenvalue weighted by molar-refractivity contribution is -0.119. The van der Waals surface area contributed by atoms with Crippen molar-refractivity contribution in [2.24, 2.45) is 10.6 Å². The fraction of sp³-hybridized carbons (Fsp3) is 0.800. The van der Waals surface area contributed by atoms with Gasteiger partial charge in [-0.3, -0.25) is 14.0 Å². The van der Waals surface area contributed by atoms with Crippen LogP contribution in [-0.4, -0.2) is 10.9 Å². The molecule has 0 aromatic heterocycles. The molecular formula is C5H9N2O4P. The third kappa shape index (κ3) is 1.12. The van der Waals surface area contributed by atoms with Gasteiger partial charge in [0.1, 0.15) is 5.78 Å². The molecular weight excluding hydrogens is 183 g/mol. The van der Waals surface area contributed by atoms with E-state index in [-0.39, 0.29) is 0 Å². The van der Waals surface area contributed by atoms with E-state index in [4.69, 9.17) is 2.74 Å². The second kappa shape index (κ2) is 2.55. The fourth-order valence-electron chi connectivity index (χ4n) is 0.490. The smallest absolute Gasteiger partial charge is 0.299 e. The topological polar surface area (TPSA) is 77.3 Å². The first kappa shape index (κ1) is 6.60. The lowest BCUT2D eigenvalue weighted by Gasteiger charge is -2.21. The Morgan fingerprint density at radius 3 is 2.33 bits per heavy atom. The van der Waals surface area contributed by atoms with Crippen molar-refractivity contribution in [3.8, 4) is 0 Å². The second-order valence-electron chi connectivity index (χ2n) is 2.41. The zero-order valence-corrected chi connectivity index (χ0v) is 7.28. The highest BCUT2D eigenvalue weighted by Gasteiger charge is 2.53. The van der Waals surface area contributed by atoms with Crippen LogP contribution < -0.4 is 0 Å². The van der Waals surface area contributed by atoms with Gasteiger partial charge in [-0.15, -0.1) is 0 Å². The van der Waals surface area contributed by atoms with Crippen molar-refractivity contribution in [3.05, 3.63) is 0 Å². The van der Waals surface area contributed by atoms with E-state index in [0.717, 1.165) is 6.92 Å². The molecule has 7 heteroatoms. The molecule has 1 aliphatic rings. The molecule has 0 fully saturated rings. The molecule has 0 spiro atoms. The Labute approximate surface area is 72.2 Å². The molecule has 0 aliphatic carbocycles. The predicted molar refractivity (Wildman–Crippen MR) is 39.4 cm³/mol. The standard InChI is InChI=1S/C5H9N2O4P/c1-4(8)5(2,3)12(9)10-6-7-11-12/h1-3H3/i2D,3D. The summed E-state index contributed by atoms with van der Waals surface area (Å²) in [4.78, 5) is 11.3. The SMILES string of the molecule is [2H]CC(C[2H])(C(C)=O)P1(=O)ON=NO1. The Bertz CT molecular complexity index is 305. The van der Waals surface area contributed by atoms with Crippen LogP contribution >= 0.6 is 7.60 Å². The number of Topliss-reactive ketones (excluding diaryl/α,β-unsaturated/α-hetero) is 1. The molecule has 0 saturated carbocycles. The summed E-state index contributed by atoms with van der Waals surface area (Å²) in [5.41, 5.74) is 0. The van der Waals surface area contributed by atoms with Gasteiger partial charge in [-0.2, -0.15) is 0 Å². The summed E-state index contributed by atoms with van der Waals surface area (Å²) in [5, 5.41) is 4.02. The van der Waals surface area contributed by atoms with Gasteiger partial charge in [-0.1, -0.05) is 0 Å². The van der Waals surface area contributed by atoms with Crippen molar-refractivity contribution in [1.82, 2.24) is 0 Å². The van der Waals surface area contributed by atoms with Gasteiger partial charge >= 0.3 is 7.60 Å². The average molecular weight is 194 g/mol. The lowest BCUT2D eigenvalue weighted by Crippen LogP contribution is -2.29. The van der Waals surface area contributed by atoms with Crippen molar-refractivity contribution in [2.75, 3.05) is 0 Å². The van der Waals surface area contributed by atoms with Gasteiger partial charge in [0.25, 0.3) is 0 Å². The van der Waals surface area contributed by atoms with Crippen LogP contribution in [0.4, 0.5) is 0 Å². The first-order valence-corrected chi connectivity index (χ1v) is 4.54. The minimum absolute atomic E-state index is 0.561. The van der Waals surface area contributed by atoms with Crippen LogP contribution in [0.25, 0.3) is 0 Å². The molecule has 0 N–H and O–H groups in total. The average Bonchev–Trinajstić information content (AvgIpc) is 2.55. The van der Waals surface area contributed by atoms with Gasteiger partial charge in [0.05, 0.1) is 10.6 Å². The molecule has 1 heterocycles. The van der Waals surface area contributed by atoms with Crippen LogP contribution in [0, 0.1) is 0 Å². The van der Waals surface area contributed by atoms with Crippen LogP contribution in [0.2, 0.25) is 0 Å². The predicted octanol–water partition coefficient (Wildman–Crippen LogP) is 1.88. The number of carbonyl (C=O) groups excluding carboxylic acids is 1. The van der Waals surface area contributed by atoms with Gasteiger partial charge in [0.2, 0.25) is 0 Å². The molecule has 1 rings (SSSR count). The van der Waals surface area contributed by atoms with E-state index < -0.39 is 32.3 Å². The Morgan fingerprint density at radius 1 is 1.50 bits per heavy atom. The fourth-order valence-corrected chi connectivity index (χ4v) is 1.47. The number of ketones is 1. The summed E-state index contributed by atoms with van der Waals surface area (Å²) in [6.07, 6.45) is 0. The number of hydrogen-bond donors (Lipinski definition) is 0. The third-order valence-electron chi connectivity index (χ3n) is 1.50. The molecule has 1 aliphatic heterocycles. The van der Waals surface area contributed by atoms with Gasteiger partial charge in [0, 0.05) is 2.74 Å².